The molecule has 0 heterocycles. The summed E-state index contributed by atoms with van der Waals surface area (Å²) in [6.07, 6.45) is 2.45. The summed E-state index contributed by atoms with van der Waals surface area (Å²) in [4.78, 5) is 0. The molecule has 1 rings (SSSR count). The number of ether oxygens (including phenoxy) is 3. The van der Waals surface area contributed by atoms with Gasteiger partial charge in [-0.25, -0.2) is 0 Å². The van der Waals surface area contributed by atoms with Gasteiger partial charge in [0, 0.05) is 17.7 Å². The van der Waals surface area contributed by atoms with Crippen LogP contribution in [0.3, 0.4) is 0 Å². The average molecular weight is 274 g/mol. The molecule has 1 aromatic carbocycles. The predicted octanol–water partition coefficient (Wildman–Crippen LogP) is 2.71. The molecule has 0 saturated heterocycles. The van der Waals surface area contributed by atoms with E-state index in [-0.39, 0.29) is 18.4 Å². The quantitative estimate of drug-likeness (QED) is 0.810. The van der Waals surface area contributed by atoms with Crippen molar-refractivity contribution >= 4 is 12.4 Å². The minimum atomic E-state index is -0.165. The van der Waals surface area contributed by atoms with Crippen molar-refractivity contribution in [2.45, 2.75) is 12.5 Å². The first-order valence-electron chi connectivity index (χ1n) is 5.34. The number of methoxy groups -OCH3 is 3. The molecule has 1 atom stereocenters. The molecule has 18 heavy (non-hydrogen) atoms. The van der Waals surface area contributed by atoms with Gasteiger partial charge in [0.1, 0.15) is 5.75 Å². The van der Waals surface area contributed by atoms with Crippen LogP contribution in [-0.4, -0.2) is 21.3 Å². The van der Waals surface area contributed by atoms with Crippen LogP contribution >= 0.6 is 12.4 Å². The normalized spacial score (nSPS) is 11.1. The standard InChI is InChI=1S/C13H19NO3.ClH/c1-5-6-10(14)9-7-12(16-3)13(17-4)8-11(9)15-2;/h5,7-8,10H,1,6,14H2,2-4H3;1H/t10-;/m1./s1. The van der Waals surface area contributed by atoms with Crippen LogP contribution in [0.25, 0.3) is 0 Å². The second-order valence-electron chi connectivity index (χ2n) is 3.58. The Kier molecular flexibility index (Phi) is 7.24. The van der Waals surface area contributed by atoms with Crippen LogP contribution in [0.15, 0.2) is 24.8 Å². The molecule has 0 aliphatic heterocycles. The topological polar surface area (TPSA) is 53.7 Å². The summed E-state index contributed by atoms with van der Waals surface area (Å²) in [5, 5.41) is 0. The highest BCUT2D eigenvalue weighted by Gasteiger charge is 2.16. The average Bonchev–Trinajstić information content (AvgIpc) is 2.37. The molecule has 0 unspecified atom stereocenters. The zero-order valence-corrected chi connectivity index (χ0v) is 11.8. The third kappa shape index (κ3) is 3.55. The first-order valence-corrected chi connectivity index (χ1v) is 5.34. The summed E-state index contributed by atoms with van der Waals surface area (Å²) < 4.78 is 15.8. The zero-order chi connectivity index (χ0) is 12.8. The van der Waals surface area contributed by atoms with E-state index >= 15 is 0 Å². The van der Waals surface area contributed by atoms with Crippen LogP contribution in [0.4, 0.5) is 0 Å². The molecular weight excluding hydrogens is 254 g/mol. The van der Waals surface area contributed by atoms with Crippen molar-refractivity contribution in [3.05, 3.63) is 30.4 Å². The second-order valence-corrected chi connectivity index (χ2v) is 3.58. The highest BCUT2D eigenvalue weighted by Crippen LogP contribution is 2.37. The maximum absolute atomic E-state index is 6.05. The molecule has 0 fully saturated rings. The van der Waals surface area contributed by atoms with Crippen molar-refractivity contribution in [3.63, 3.8) is 0 Å². The largest absolute Gasteiger partial charge is 0.496 e. The van der Waals surface area contributed by atoms with Gasteiger partial charge in [-0.3, -0.25) is 0 Å². The van der Waals surface area contributed by atoms with Crippen molar-refractivity contribution < 1.29 is 14.2 Å². The van der Waals surface area contributed by atoms with E-state index in [0.717, 1.165) is 5.56 Å². The Balaban J connectivity index is 0.00000289. The maximum Gasteiger partial charge on any atom is 0.164 e. The molecule has 0 radical (unpaired) electrons. The Morgan fingerprint density at radius 1 is 1.11 bits per heavy atom. The number of hydrogen-bond donors (Lipinski definition) is 1. The molecule has 0 saturated carbocycles. The Morgan fingerprint density at radius 3 is 2.06 bits per heavy atom. The van der Waals surface area contributed by atoms with Gasteiger partial charge in [-0.2, -0.15) is 0 Å². The molecule has 4 nitrogen and oxygen atoms in total. The smallest absolute Gasteiger partial charge is 0.164 e. The summed E-state index contributed by atoms with van der Waals surface area (Å²) in [6, 6.07) is 3.45. The summed E-state index contributed by atoms with van der Waals surface area (Å²) in [6.45, 7) is 3.68. The Labute approximate surface area is 114 Å². The third-order valence-electron chi connectivity index (χ3n) is 2.56. The van der Waals surface area contributed by atoms with E-state index < -0.39 is 0 Å². The Morgan fingerprint density at radius 2 is 1.61 bits per heavy atom. The molecule has 2 N–H and O–H groups in total. The van der Waals surface area contributed by atoms with Crippen LogP contribution < -0.4 is 19.9 Å². The summed E-state index contributed by atoms with van der Waals surface area (Å²) in [7, 11) is 4.78. The number of hydrogen-bond acceptors (Lipinski definition) is 4. The van der Waals surface area contributed by atoms with Crippen molar-refractivity contribution in [1.82, 2.24) is 0 Å². The van der Waals surface area contributed by atoms with Gasteiger partial charge in [0.05, 0.1) is 21.3 Å². The fraction of sp³-hybridized carbons (Fsp3) is 0.385. The lowest BCUT2D eigenvalue weighted by Crippen LogP contribution is -2.11. The summed E-state index contributed by atoms with van der Waals surface area (Å²) in [5.74, 6) is 1.96. The fourth-order valence-electron chi connectivity index (χ4n) is 1.65. The van der Waals surface area contributed by atoms with Gasteiger partial charge in [0.25, 0.3) is 0 Å². The number of benzene rings is 1. The first-order chi connectivity index (χ1) is 8.17. The van der Waals surface area contributed by atoms with E-state index in [1.807, 2.05) is 6.07 Å². The highest BCUT2D eigenvalue weighted by atomic mass is 35.5. The van der Waals surface area contributed by atoms with Crippen molar-refractivity contribution in [2.75, 3.05) is 21.3 Å². The summed E-state index contributed by atoms with van der Waals surface area (Å²) >= 11 is 0. The molecule has 0 spiro atoms. The van der Waals surface area contributed by atoms with Gasteiger partial charge in [-0.05, 0) is 12.5 Å². The van der Waals surface area contributed by atoms with Crippen LogP contribution in [0.5, 0.6) is 17.2 Å². The van der Waals surface area contributed by atoms with Crippen molar-refractivity contribution in [3.8, 4) is 17.2 Å². The minimum Gasteiger partial charge on any atom is -0.496 e. The number of halogens is 1. The SMILES string of the molecule is C=CC[C@@H](N)c1cc(OC)c(OC)cc1OC.Cl. The van der Waals surface area contributed by atoms with Crippen LogP contribution in [0.2, 0.25) is 0 Å². The number of rotatable bonds is 6. The van der Waals surface area contributed by atoms with E-state index in [2.05, 4.69) is 6.58 Å². The molecule has 0 aliphatic carbocycles. The van der Waals surface area contributed by atoms with Gasteiger partial charge < -0.3 is 19.9 Å². The van der Waals surface area contributed by atoms with E-state index in [1.54, 1.807) is 33.5 Å². The molecule has 0 bridgehead atoms. The lowest BCUT2D eigenvalue weighted by Gasteiger charge is -2.17. The molecule has 0 amide bonds. The molecule has 0 aliphatic rings. The molecule has 102 valence electrons. The van der Waals surface area contributed by atoms with Gasteiger partial charge in [0.15, 0.2) is 11.5 Å². The molecule has 0 aromatic heterocycles. The lowest BCUT2D eigenvalue weighted by molar-refractivity contribution is 0.346. The van der Waals surface area contributed by atoms with E-state index in [0.29, 0.717) is 23.7 Å². The zero-order valence-electron chi connectivity index (χ0n) is 10.9. The van der Waals surface area contributed by atoms with Gasteiger partial charge in [-0.1, -0.05) is 6.08 Å². The minimum absolute atomic E-state index is 0. The second kappa shape index (κ2) is 7.84. The van der Waals surface area contributed by atoms with Crippen molar-refractivity contribution in [2.24, 2.45) is 5.73 Å². The summed E-state index contributed by atoms with van der Waals surface area (Å²) in [5.41, 5.74) is 6.93. The van der Waals surface area contributed by atoms with Gasteiger partial charge >= 0.3 is 0 Å². The third-order valence-corrected chi connectivity index (χ3v) is 2.56. The maximum atomic E-state index is 6.05. The van der Waals surface area contributed by atoms with Gasteiger partial charge in [-0.15, -0.1) is 19.0 Å². The van der Waals surface area contributed by atoms with Crippen LogP contribution in [0.1, 0.15) is 18.0 Å². The van der Waals surface area contributed by atoms with E-state index in [4.69, 9.17) is 19.9 Å². The monoisotopic (exact) mass is 273 g/mol. The fourth-order valence-corrected chi connectivity index (χ4v) is 1.65. The predicted molar refractivity (Wildman–Crippen MR) is 75.1 cm³/mol. The van der Waals surface area contributed by atoms with Crippen LogP contribution in [0, 0.1) is 0 Å². The Bertz CT molecular complexity index is 396. The van der Waals surface area contributed by atoms with E-state index in [1.165, 1.54) is 0 Å². The molecule has 5 heteroatoms. The number of nitrogens with two attached hydrogens (primary N) is 1. The van der Waals surface area contributed by atoms with Crippen LogP contribution in [-0.2, 0) is 0 Å². The molecular formula is C13H20ClNO3. The lowest BCUT2D eigenvalue weighted by atomic mass is 10.0. The molecule has 1 aromatic rings. The highest BCUT2D eigenvalue weighted by molar-refractivity contribution is 5.85. The Hall–Kier alpha value is -1.39. The first kappa shape index (κ1) is 16.6. The van der Waals surface area contributed by atoms with E-state index in [9.17, 15) is 0 Å². The van der Waals surface area contributed by atoms with Crippen molar-refractivity contribution in [1.29, 1.82) is 0 Å². The van der Waals surface area contributed by atoms with Gasteiger partial charge in [0.2, 0.25) is 0 Å².